The minimum atomic E-state index is 0.669. The lowest BCUT2D eigenvalue weighted by Gasteiger charge is -2.21. The molecule has 0 atom stereocenters. The quantitative estimate of drug-likeness (QED) is 0.674. The molecule has 2 aromatic heterocycles. The number of rotatable bonds is 10. The molecule has 0 bridgehead atoms. The van der Waals surface area contributed by atoms with Gasteiger partial charge in [-0.05, 0) is 39.9 Å². The lowest BCUT2D eigenvalue weighted by molar-refractivity contribution is 0.303. The lowest BCUT2D eigenvalue weighted by atomic mass is 10.3. The molecule has 0 aliphatic rings. The Labute approximate surface area is 145 Å². The smallest absolute Gasteiger partial charge is 0.226 e. The van der Waals surface area contributed by atoms with Crippen molar-refractivity contribution < 1.29 is 0 Å². The molecule has 0 aromatic carbocycles. The fourth-order valence-corrected chi connectivity index (χ4v) is 2.90. The van der Waals surface area contributed by atoms with Gasteiger partial charge in [0, 0.05) is 26.7 Å². The first kappa shape index (κ1) is 18.4. The third kappa shape index (κ3) is 4.14. The molecule has 0 aliphatic heterocycles. The molecule has 0 unspecified atom stereocenters. The van der Waals surface area contributed by atoms with E-state index < -0.39 is 0 Å². The molecule has 0 radical (unpaired) electrons. The van der Waals surface area contributed by atoms with Crippen molar-refractivity contribution in [2.75, 3.05) is 49.5 Å². The van der Waals surface area contributed by atoms with Crippen molar-refractivity contribution in [1.82, 2.24) is 24.4 Å². The van der Waals surface area contributed by atoms with Crippen LogP contribution in [0.5, 0.6) is 0 Å². The second-order valence-electron chi connectivity index (χ2n) is 5.88. The number of imidazole rings is 1. The van der Waals surface area contributed by atoms with Gasteiger partial charge in [-0.15, -0.1) is 0 Å². The summed E-state index contributed by atoms with van der Waals surface area (Å²) in [5.41, 5.74) is 1.74. The third-order valence-corrected chi connectivity index (χ3v) is 4.44. The Morgan fingerprint density at radius 2 is 1.75 bits per heavy atom. The Balaban J connectivity index is 2.13. The highest BCUT2D eigenvalue weighted by Gasteiger charge is 2.16. The van der Waals surface area contributed by atoms with E-state index in [1.165, 1.54) is 0 Å². The fraction of sp³-hybridized carbons (Fsp3) is 0.706. The van der Waals surface area contributed by atoms with Crippen molar-refractivity contribution in [3.05, 3.63) is 6.33 Å². The van der Waals surface area contributed by atoms with E-state index >= 15 is 0 Å². The Kier molecular flexibility index (Phi) is 6.78. The average molecular weight is 333 g/mol. The first-order valence-electron chi connectivity index (χ1n) is 9.04. The molecule has 0 aliphatic carbocycles. The van der Waals surface area contributed by atoms with E-state index in [0.717, 1.165) is 62.7 Å². The van der Waals surface area contributed by atoms with Crippen LogP contribution in [-0.2, 0) is 7.05 Å². The van der Waals surface area contributed by atoms with Crippen molar-refractivity contribution in [2.24, 2.45) is 7.05 Å². The highest BCUT2D eigenvalue weighted by Crippen LogP contribution is 2.24. The summed E-state index contributed by atoms with van der Waals surface area (Å²) in [7, 11) is 1.99. The van der Waals surface area contributed by atoms with Crippen LogP contribution in [0.25, 0.3) is 11.2 Å². The summed E-state index contributed by atoms with van der Waals surface area (Å²) in [6.45, 7) is 14.7. The van der Waals surface area contributed by atoms with E-state index in [4.69, 9.17) is 4.98 Å². The average Bonchev–Trinajstić information content (AvgIpc) is 2.97. The van der Waals surface area contributed by atoms with Gasteiger partial charge in [-0.2, -0.15) is 9.97 Å². The number of hydrogen-bond donors (Lipinski definition) is 1. The van der Waals surface area contributed by atoms with Crippen LogP contribution in [-0.4, -0.2) is 63.7 Å². The monoisotopic (exact) mass is 333 g/mol. The highest BCUT2D eigenvalue weighted by molar-refractivity contribution is 5.85. The molecule has 1 N–H and O–H groups in total. The van der Waals surface area contributed by atoms with Crippen molar-refractivity contribution in [3.63, 3.8) is 0 Å². The molecule has 134 valence electrons. The van der Waals surface area contributed by atoms with Crippen LogP contribution in [0.3, 0.4) is 0 Å². The standard InChI is InChI=1S/C17H31N7/c1-6-23(7-2)12-10-11-18-17-20-15-14(22(5)13-19-15)16(21-17)24(8-3)9-4/h13H,6-12H2,1-5H3,(H,18,20,21). The van der Waals surface area contributed by atoms with E-state index in [2.05, 4.69) is 52.8 Å². The Morgan fingerprint density at radius 1 is 1.04 bits per heavy atom. The predicted octanol–water partition coefficient (Wildman–Crippen LogP) is 2.35. The van der Waals surface area contributed by atoms with Gasteiger partial charge in [-0.1, -0.05) is 13.8 Å². The molecule has 24 heavy (non-hydrogen) atoms. The number of aromatic nitrogens is 4. The number of hydrogen-bond acceptors (Lipinski definition) is 6. The van der Waals surface area contributed by atoms with Gasteiger partial charge in [0.15, 0.2) is 11.5 Å². The van der Waals surface area contributed by atoms with Crippen LogP contribution in [0.4, 0.5) is 11.8 Å². The van der Waals surface area contributed by atoms with Gasteiger partial charge >= 0.3 is 0 Å². The largest absolute Gasteiger partial charge is 0.355 e. The molecule has 2 rings (SSSR count). The van der Waals surface area contributed by atoms with Gasteiger partial charge in [-0.3, -0.25) is 0 Å². The Hall–Kier alpha value is -1.89. The number of aryl methyl sites for hydroxylation is 1. The number of nitrogens with zero attached hydrogens (tertiary/aromatic N) is 6. The first-order valence-corrected chi connectivity index (χ1v) is 9.04. The summed E-state index contributed by atoms with van der Waals surface area (Å²) in [5.74, 6) is 1.62. The lowest BCUT2D eigenvalue weighted by Crippen LogP contribution is -2.26. The van der Waals surface area contributed by atoms with E-state index in [1.54, 1.807) is 6.33 Å². The van der Waals surface area contributed by atoms with Crippen molar-refractivity contribution in [2.45, 2.75) is 34.1 Å². The fourth-order valence-electron chi connectivity index (χ4n) is 2.90. The van der Waals surface area contributed by atoms with Crippen molar-refractivity contribution >= 4 is 22.9 Å². The number of anilines is 2. The Morgan fingerprint density at radius 3 is 2.38 bits per heavy atom. The molecule has 0 fully saturated rings. The van der Waals surface area contributed by atoms with E-state index in [9.17, 15) is 0 Å². The zero-order valence-corrected chi connectivity index (χ0v) is 15.7. The van der Waals surface area contributed by atoms with Gasteiger partial charge in [0.25, 0.3) is 0 Å². The number of nitrogens with one attached hydrogen (secondary N) is 1. The molecule has 2 heterocycles. The van der Waals surface area contributed by atoms with Crippen LogP contribution >= 0.6 is 0 Å². The normalized spacial score (nSPS) is 11.4. The van der Waals surface area contributed by atoms with Crippen LogP contribution in [0.15, 0.2) is 6.33 Å². The maximum absolute atomic E-state index is 4.76. The Bertz CT molecular complexity index is 629. The molecule has 0 saturated heterocycles. The number of fused-ring (bicyclic) bond motifs is 1. The zero-order chi connectivity index (χ0) is 17.5. The second kappa shape index (κ2) is 8.82. The molecule has 2 aromatic rings. The van der Waals surface area contributed by atoms with Crippen LogP contribution < -0.4 is 10.2 Å². The van der Waals surface area contributed by atoms with Gasteiger partial charge in [0.1, 0.15) is 5.52 Å². The van der Waals surface area contributed by atoms with Gasteiger partial charge in [0.2, 0.25) is 5.95 Å². The first-order chi connectivity index (χ1) is 11.6. The van der Waals surface area contributed by atoms with E-state index in [-0.39, 0.29) is 0 Å². The molecule has 0 saturated carbocycles. The summed E-state index contributed by atoms with van der Waals surface area (Å²) in [4.78, 5) is 18.4. The van der Waals surface area contributed by atoms with Gasteiger partial charge in [0.05, 0.1) is 6.33 Å². The van der Waals surface area contributed by atoms with Crippen LogP contribution in [0, 0.1) is 0 Å². The molecule has 7 heteroatoms. The summed E-state index contributed by atoms with van der Waals surface area (Å²) in [5, 5.41) is 3.37. The van der Waals surface area contributed by atoms with Crippen molar-refractivity contribution in [3.8, 4) is 0 Å². The van der Waals surface area contributed by atoms with Gasteiger partial charge < -0.3 is 19.7 Å². The van der Waals surface area contributed by atoms with Crippen LogP contribution in [0.1, 0.15) is 34.1 Å². The maximum Gasteiger partial charge on any atom is 0.226 e. The van der Waals surface area contributed by atoms with Crippen LogP contribution in [0.2, 0.25) is 0 Å². The summed E-state index contributed by atoms with van der Waals surface area (Å²) in [6.07, 6.45) is 2.88. The highest BCUT2D eigenvalue weighted by atomic mass is 15.3. The third-order valence-electron chi connectivity index (χ3n) is 4.44. The SMILES string of the molecule is CCN(CC)CCCNc1nc(N(CC)CC)c2c(ncn2C)n1. The molecular weight excluding hydrogens is 302 g/mol. The van der Waals surface area contributed by atoms with Gasteiger partial charge in [-0.25, -0.2) is 4.98 Å². The molecular formula is C17H31N7. The topological polar surface area (TPSA) is 62.1 Å². The maximum atomic E-state index is 4.76. The minimum absolute atomic E-state index is 0.669. The van der Waals surface area contributed by atoms with Crippen molar-refractivity contribution in [1.29, 1.82) is 0 Å². The van der Waals surface area contributed by atoms with E-state index in [0.29, 0.717) is 5.95 Å². The predicted molar refractivity (Wildman–Crippen MR) is 101 cm³/mol. The summed E-state index contributed by atoms with van der Waals surface area (Å²) >= 11 is 0. The molecule has 0 spiro atoms. The minimum Gasteiger partial charge on any atom is -0.355 e. The zero-order valence-electron chi connectivity index (χ0n) is 15.7. The molecule has 7 nitrogen and oxygen atoms in total. The second-order valence-corrected chi connectivity index (χ2v) is 5.88. The summed E-state index contributed by atoms with van der Waals surface area (Å²) < 4.78 is 1.99. The molecule has 0 amide bonds. The summed E-state index contributed by atoms with van der Waals surface area (Å²) in [6, 6.07) is 0. The van der Waals surface area contributed by atoms with E-state index in [1.807, 2.05) is 11.6 Å².